The van der Waals surface area contributed by atoms with Crippen molar-refractivity contribution in [2.24, 2.45) is 5.41 Å². The van der Waals surface area contributed by atoms with Crippen LogP contribution in [0.4, 0.5) is 10.5 Å². The maximum atomic E-state index is 13.3. The van der Waals surface area contributed by atoms with E-state index in [1.165, 1.54) is 0 Å². The fourth-order valence-corrected chi connectivity index (χ4v) is 5.31. The number of rotatable bonds is 5. The van der Waals surface area contributed by atoms with Gasteiger partial charge < -0.3 is 20.1 Å². The highest BCUT2D eigenvalue weighted by atomic mass is 16.7. The largest absolute Gasteiger partial charge is 0.511 e. The Labute approximate surface area is 195 Å². The molecule has 2 N–H and O–H groups in total. The molecule has 0 aliphatic carbocycles. The van der Waals surface area contributed by atoms with Gasteiger partial charge in [-0.1, -0.05) is 32.9 Å². The second kappa shape index (κ2) is 9.06. The number of carbonyl (C=O) groups excluding carboxylic acids is 1. The molecule has 0 spiro atoms. The van der Waals surface area contributed by atoms with Crippen LogP contribution in [0.25, 0.3) is 0 Å². The number of carbonyl (C=O) groups is 2. The summed E-state index contributed by atoms with van der Waals surface area (Å²) in [4.78, 5) is 28.5. The molecule has 7 nitrogen and oxygen atoms in total. The van der Waals surface area contributed by atoms with E-state index in [9.17, 15) is 9.59 Å². The van der Waals surface area contributed by atoms with Gasteiger partial charge in [0.1, 0.15) is 5.75 Å². The zero-order valence-electron chi connectivity index (χ0n) is 19.8. The SMILES string of the molecule is CCN1CCCC1N(C)C(=O)c1cccc(C2Nc3ccc(OC(=O)O)cc3CC2(C)C)c1. The molecule has 4 rings (SSSR count). The van der Waals surface area contributed by atoms with Crippen LogP contribution in [-0.2, 0) is 6.42 Å². The van der Waals surface area contributed by atoms with E-state index in [1.807, 2.05) is 36.2 Å². The first kappa shape index (κ1) is 23.1. The first-order chi connectivity index (χ1) is 15.7. The molecule has 0 radical (unpaired) electrons. The second-order valence-electron chi connectivity index (χ2n) is 9.72. The summed E-state index contributed by atoms with van der Waals surface area (Å²) in [6.07, 6.45) is 1.72. The van der Waals surface area contributed by atoms with Crippen LogP contribution in [0, 0.1) is 5.41 Å². The Bertz CT molecular complexity index is 1050. The number of fused-ring (bicyclic) bond motifs is 1. The molecule has 2 aromatic rings. The van der Waals surface area contributed by atoms with E-state index >= 15 is 0 Å². The van der Waals surface area contributed by atoms with Crippen molar-refractivity contribution >= 4 is 17.7 Å². The predicted molar refractivity (Wildman–Crippen MR) is 128 cm³/mol. The monoisotopic (exact) mass is 451 g/mol. The van der Waals surface area contributed by atoms with Gasteiger partial charge in [0.25, 0.3) is 5.91 Å². The second-order valence-corrected chi connectivity index (χ2v) is 9.72. The number of carboxylic acid groups (broad SMARTS) is 1. The number of hydrogen-bond donors (Lipinski definition) is 2. The zero-order valence-corrected chi connectivity index (χ0v) is 19.8. The van der Waals surface area contributed by atoms with E-state index in [2.05, 4.69) is 37.1 Å². The topological polar surface area (TPSA) is 82.1 Å². The van der Waals surface area contributed by atoms with E-state index < -0.39 is 6.16 Å². The Morgan fingerprint density at radius 1 is 1.24 bits per heavy atom. The third-order valence-electron chi connectivity index (χ3n) is 6.98. The molecular formula is C26H33N3O4. The number of anilines is 1. The van der Waals surface area contributed by atoms with E-state index in [0.29, 0.717) is 11.3 Å². The molecule has 2 unspecified atom stereocenters. The highest BCUT2D eigenvalue weighted by Gasteiger charge is 2.37. The van der Waals surface area contributed by atoms with E-state index in [-0.39, 0.29) is 23.5 Å². The van der Waals surface area contributed by atoms with Crippen molar-refractivity contribution in [3.8, 4) is 5.75 Å². The Hall–Kier alpha value is -3.06. The summed E-state index contributed by atoms with van der Waals surface area (Å²) in [5.41, 5.74) is 3.58. The smallest absolute Gasteiger partial charge is 0.449 e. The fraction of sp³-hybridized carbons (Fsp3) is 0.462. The van der Waals surface area contributed by atoms with Crippen LogP contribution < -0.4 is 10.1 Å². The van der Waals surface area contributed by atoms with Gasteiger partial charge in [-0.2, -0.15) is 0 Å². The normalized spacial score (nSPS) is 21.7. The maximum Gasteiger partial charge on any atom is 0.511 e. The van der Waals surface area contributed by atoms with Crippen LogP contribution in [0.3, 0.4) is 0 Å². The van der Waals surface area contributed by atoms with Gasteiger partial charge in [-0.3, -0.25) is 9.69 Å². The molecule has 2 aliphatic rings. The van der Waals surface area contributed by atoms with Crippen LogP contribution in [0.1, 0.15) is 61.1 Å². The minimum atomic E-state index is -1.32. The third kappa shape index (κ3) is 4.69. The Balaban J connectivity index is 1.58. The molecular weight excluding hydrogens is 418 g/mol. The summed E-state index contributed by atoms with van der Waals surface area (Å²) in [7, 11) is 1.91. The van der Waals surface area contributed by atoms with E-state index in [1.54, 1.807) is 12.1 Å². The van der Waals surface area contributed by atoms with Crippen molar-refractivity contribution in [3.05, 3.63) is 59.2 Å². The number of ether oxygens (including phenoxy) is 1. The summed E-state index contributed by atoms with van der Waals surface area (Å²) < 4.78 is 4.83. The lowest BCUT2D eigenvalue weighted by Crippen LogP contribution is -2.45. The fourth-order valence-electron chi connectivity index (χ4n) is 5.31. The molecule has 1 amide bonds. The summed E-state index contributed by atoms with van der Waals surface area (Å²) >= 11 is 0. The quantitative estimate of drug-likeness (QED) is 0.492. The highest BCUT2D eigenvalue weighted by molar-refractivity contribution is 5.94. The van der Waals surface area contributed by atoms with Gasteiger partial charge in [-0.05, 0) is 72.7 Å². The molecule has 0 aromatic heterocycles. The first-order valence-electron chi connectivity index (χ1n) is 11.6. The number of nitrogens with zero attached hydrogens (tertiary/aromatic N) is 2. The van der Waals surface area contributed by atoms with Crippen molar-refractivity contribution in [1.29, 1.82) is 0 Å². The Morgan fingerprint density at radius 3 is 2.76 bits per heavy atom. The summed E-state index contributed by atoms with van der Waals surface area (Å²) in [5.74, 6) is 0.368. The summed E-state index contributed by atoms with van der Waals surface area (Å²) in [6, 6.07) is 13.2. The number of likely N-dealkylation sites (tertiary alicyclic amines) is 1. The molecule has 2 heterocycles. The maximum absolute atomic E-state index is 13.3. The number of amides is 1. The molecule has 7 heteroatoms. The van der Waals surface area contributed by atoms with Crippen LogP contribution in [0.5, 0.6) is 5.75 Å². The average Bonchev–Trinajstić information content (AvgIpc) is 3.25. The van der Waals surface area contributed by atoms with Gasteiger partial charge in [0.2, 0.25) is 0 Å². The van der Waals surface area contributed by atoms with Gasteiger partial charge in [0.15, 0.2) is 0 Å². The molecule has 0 bridgehead atoms. The number of hydrogen-bond acceptors (Lipinski definition) is 5. The lowest BCUT2D eigenvalue weighted by atomic mass is 9.72. The Morgan fingerprint density at radius 2 is 2.03 bits per heavy atom. The lowest BCUT2D eigenvalue weighted by molar-refractivity contribution is 0.0547. The molecule has 176 valence electrons. The molecule has 33 heavy (non-hydrogen) atoms. The molecule has 0 saturated carbocycles. The molecule has 2 atom stereocenters. The highest BCUT2D eigenvalue weighted by Crippen LogP contribution is 2.45. The van der Waals surface area contributed by atoms with Crippen molar-refractivity contribution in [2.45, 2.75) is 52.2 Å². The van der Waals surface area contributed by atoms with E-state index in [4.69, 9.17) is 9.84 Å². The van der Waals surface area contributed by atoms with Crippen LogP contribution >= 0.6 is 0 Å². The van der Waals surface area contributed by atoms with Gasteiger partial charge in [0, 0.05) is 24.8 Å². The van der Waals surface area contributed by atoms with Gasteiger partial charge in [0.05, 0.1) is 12.2 Å². The standard InChI is InChI=1S/C26H33N3O4/c1-5-29-13-7-10-22(29)28(4)24(30)18-9-6-8-17(14-18)23-26(2,3)16-19-15-20(33-25(31)32)11-12-21(19)27-23/h6,8-9,11-12,14-15,22-23,27H,5,7,10,13,16H2,1-4H3,(H,31,32). The molecule has 2 aliphatic heterocycles. The average molecular weight is 452 g/mol. The third-order valence-corrected chi connectivity index (χ3v) is 6.98. The predicted octanol–water partition coefficient (Wildman–Crippen LogP) is 4.99. The van der Waals surface area contributed by atoms with Crippen LogP contribution in [0.2, 0.25) is 0 Å². The lowest BCUT2D eigenvalue weighted by Gasteiger charge is -2.41. The van der Waals surface area contributed by atoms with Crippen LogP contribution in [-0.4, -0.2) is 53.3 Å². The summed E-state index contributed by atoms with van der Waals surface area (Å²) in [6.45, 7) is 8.48. The van der Waals surface area contributed by atoms with Gasteiger partial charge >= 0.3 is 6.16 Å². The molecule has 2 aromatic carbocycles. The number of nitrogens with one attached hydrogen (secondary N) is 1. The van der Waals surface area contributed by atoms with Gasteiger partial charge in [-0.25, -0.2) is 4.79 Å². The molecule has 1 fully saturated rings. The van der Waals surface area contributed by atoms with Crippen molar-refractivity contribution in [1.82, 2.24) is 9.80 Å². The first-order valence-corrected chi connectivity index (χ1v) is 11.6. The van der Waals surface area contributed by atoms with Gasteiger partial charge in [-0.15, -0.1) is 0 Å². The van der Waals surface area contributed by atoms with Crippen LogP contribution in [0.15, 0.2) is 42.5 Å². The zero-order chi connectivity index (χ0) is 23.8. The van der Waals surface area contributed by atoms with Crippen molar-refractivity contribution in [2.75, 3.05) is 25.5 Å². The van der Waals surface area contributed by atoms with E-state index in [0.717, 1.165) is 49.2 Å². The summed E-state index contributed by atoms with van der Waals surface area (Å²) in [5, 5.41) is 12.5. The van der Waals surface area contributed by atoms with Crippen molar-refractivity contribution < 1.29 is 19.4 Å². The minimum Gasteiger partial charge on any atom is -0.449 e. The number of benzene rings is 2. The molecule has 1 saturated heterocycles. The van der Waals surface area contributed by atoms with Crippen molar-refractivity contribution in [3.63, 3.8) is 0 Å². The minimum absolute atomic E-state index is 0.00733. The Kier molecular flexibility index (Phi) is 6.34.